The molecule has 1 aromatic rings. The molecular formula is C11H11Cl2F2NO2. The first-order valence-corrected chi connectivity index (χ1v) is 5.35. The zero-order valence-corrected chi connectivity index (χ0v) is 10.9. The molecule has 0 saturated carbocycles. The van der Waals surface area contributed by atoms with Gasteiger partial charge in [-0.15, -0.1) is 12.4 Å². The number of nitrogens with one attached hydrogen (secondary N) is 1. The molecule has 3 nitrogen and oxygen atoms in total. The largest absolute Gasteiger partial charge is 0.443 e. The number of amides is 1. The number of alkyl carbamates (subject to hydrolysis) is 1. The Kier molecular flexibility index (Phi) is 4.40. The summed E-state index contributed by atoms with van der Waals surface area (Å²) in [6.07, 6.45) is -0.839. The van der Waals surface area contributed by atoms with E-state index in [9.17, 15) is 13.6 Å². The Bertz CT molecular complexity index is 468. The summed E-state index contributed by atoms with van der Waals surface area (Å²) < 4.78 is 31.4. The van der Waals surface area contributed by atoms with Crippen molar-refractivity contribution in [1.82, 2.24) is 5.32 Å². The summed E-state index contributed by atoms with van der Waals surface area (Å²) in [5.74, 6) is -3.13. The molecule has 1 saturated heterocycles. The predicted octanol–water partition coefficient (Wildman–Crippen LogP) is 3.49. The van der Waals surface area contributed by atoms with Crippen LogP contribution in [0, 0.1) is 6.92 Å². The monoisotopic (exact) mass is 297 g/mol. The van der Waals surface area contributed by atoms with Gasteiger partial charge in [0.2, 0.25) is 0 Å². The van der Waals surface area contributed by atoms with E-state index >= 15 is 0 Å². The molecule has 0 radical (unpaired) electrons. The van der Waals surface area contributed by atoms with Crippen LogP contribution in [0.3, 0.4) is 0 Å². The third-order valence-corrected chi connectivity index (χ3v) is 3.02. The van der Waals surface area contributed by atoms with E-state index in [0.717, 1.165) is 0 Å². The number of aryl methyl sites for hydroxylation is 1. The lowest BCUT2D eigenvalue weighted by molar-refractivity contribution is -0.104. The lowest BCUT2D eigenvalue weighted by Gasteiger charge is -2.32. The zero-order valence-electron chi connectivity index (χ0n) is 9.38. The molecule has 0 aliphatic carbocycles. The summed E-state index contributed by atoms with van der Waals surface area (Å²) in [6, 6.07) is 3.16. The van der Waals surface area contributed by atoms with Gasteiger partial charge in [-0.2, -0.15) is 0 Å². The number of halogens is 4. The van der Waals surface area contributed by atoms with Crippen molar-refractivity contribution in [2.24, 2.45) is 0 Å². The van der Waals surface area contributed by atoms with Crippen molar-refractivity contribution in [3.8, 4) is 0 Å². The van der Waals surface area contributed by atoms with Gasteiger partial charge in [0, 0.05) is 5.02 Å². The van der Waals surface area contributed by atoms with Crippen molar-refractivity contribution in [3.05, 3.63) is 34.3 Å². The number of rotatable bonds is 1. The van der Waals surface area contributed by atoms with E-state index in [-0.39, 0.29) is 12.4 Å². The minimum Gasteiger partial charge on any atom is -0.443 e. The van der Waals surface area contributed by atoms with Crippen LogP contribution >= 0.6 is 24.0 Å². The fourth-order valence-electron chi connectivity index (χ4n) is 1.68. The van der Waals surface area contributed by atoms with Crippen molar-refractivity contribution in [1.29, 1.82) is 0 Å². The number of carbonyl (C=O) groups is 1. The summed E-state index contributed by atoms with van der Waals surface area (Å²) in [5.41, 5.74) is 0.995. The summed E-state index contributed by atoms with van der Waals surface area (Å²) in [5, 5.41) is 2.61. The molecule has 0 spiro atoms. The number of ether oxygens (including phenoxy) is 1. The second kappa shape index (κ2) is 5.28. The number of hydrogen-bond acceptors (Lipinski definition) is 2. The highest BCUT2D eigenvalue weighted by Gasteiger charge is 2.46. The summed E-state index contributed by atoms with van der Waals surface area (Å²) in [6.45, 7) is 0.802. The molecule has 0 aromatic heterocycles. The van der Waals surface area contributed by atoms with Gasteiger partial charge in [-0.25, -0.2) is 13.6 Å². The van der Waals surface area contributed by atoms with Gasteiger partial charge in [0.15, 0.2) is 6.61 Å². The molecule has 0 unspecified atom stereocenters. The molecule has 0 bridgehead atoms. The zero-order chi connectivity index (χ0) is 12.6. The fourth-order valence-corrected chi connectivity index (χ4v) is 1.80. The number of alkyl halides is 2. The van der Waals surface area contributed by atoms with Gasteiger partial charge in [0.25, 0.3) is 0 Å². The number of hydrogen-bond donors (Lipinski definition) is 1. The Balaban J connectivity index is 0.00000162. The van der Waals surface area contributed by atoms with Crippen LogP contribution in [0.2, 0.25) is 5.02 Å². The topological polar surface area (TPSA) is 38.3 Å². The molecule has 1 atom stereocenters. The van der Waals surface area contributed by atoms with E-state index < -0.39 is 24.7 Å². The second-order valence-electron chi connectivity index (χ2n) is 3.92. The molecule has 1 amide bonds. The molecule has 7 heteroatoms. The standard InChI is InChI=1S/C11H10ClF2NO2.ClH/c1-6-4-7(2-3-8(6)12)9-11(13,14)5-17-10(16)15-9;/h2-4,9H,5H2,1H3,(H,15,16);1H/t9-;/m0./s1. The summed E-state index contributed by atoms with van der Waals surface area (Å²) in [7, 11) is 0. The third-order valence-electron chi connectivity index (χ3n) is 2.60. The molecule has 100 valence electrons. The number of cyclic esters (lactones) is 1. The Hall–Kier alpha value is -1.07. The molecule has 1 aromatic carbocycles. The van der Waals surface area contributed by atoms with Crippen molar-refractivity contribution in [2.75, 3.05) is 6.61 Å². The molecule has 1 heterocycles. The fraction of sp³-hybridized carbons (Fsp3) is 0.364. The lowest BCUT2D eigenvalue weighted by atomic mass is 9.98. The van der Waals surface area contributed by atoms with Crippen LogP contribution in [0.4, 0.5) is 13.6 Å². The highest BCUT2D eigenvalue weighted by atomic mass is 35.5. The van der Waals surface area contributed by atoms with E-state index in [0.29, 0.717) is 16.1 Å². The average Bonchev–Trinajstić information content (AvgIpc) is 2.26. The highest BCUT2D eigenvalue weighted by molar-refractivity contribution is 6.31. The maximum absolute atomic E-state index is 13.6. The van der Waals surface area contributed by atoms with Crippen molar-refractivity contribution in [3.63, 3.8) is 0 Å². The predicted molar refractivity (Wildman–Crippen MR) is 65.6 cm³/mol. The molecule has 1 N–H and O–H groups in total. The SMILES string of the molecule is Cc1cc([C@@H]2NC(=O)OCC2(F)F)ccc1Cl.Cl. The first kappa shape index (κ1) is 15.0. The van der Waals surface area contributed by atoms with Gasteiger partial charge in [-0.05, 0) is 24.1 Å². The highest BCUT2D eigenvalue weighted by Crippen LogP contribution is 2.35. The van der Waals surface area contributed by atoms with Gasteiger partial charge in [0.1, 0.15) is 6.04 Å². The molecule has 1 aliphatic heterocycles. The smallest absolute Gasteiger partial charge is 0.408 e. The van der Waals surface area contributed by atoms with Crippen LogP contribution in [0.1, 0.15) is 17.2 Å². The molecule has 2 rings (SSSR count). The summed E-state index contributed by atoms with van der Waals surface area (Å²) >= 11 is 5.82. The van der Waals surface area contributed by atoms with Crippen LogP contribution < -0.4 is 5.32 Å². The first-order valence-electron chi connectivity index (χ1n) is 4.97. The van der Waals surface area contributed by atoms with E-state index in [1.165, 1.54) is 18.2 Å². The van der Waals surface area contributed by atoms with Crippen LogP contribution in [-0.4, -0.2) is 18.6 Å². The molecule has 1 aliphatic rings. The van der Waals surface area contributed by atoms with Crippen LogP contribution in [-0.2, 0) is 4.74 Å². The Morgan fingerprint density at radius 3 is 2.78 bits per heavy atom. The van der Waals surface area contributed by atoms with E-state index in [4.69, 9.17) is 11.6 Å². The molecular weight excluding hydrogens is 287 g/mol. The van der Waals surface area contributed by atoms with Gasteiger partial charge >= 0.3 is 12.0 Å². The van der Waals surface area contributed by atoms with Crippen LogP contribution in [0.25, 0.3) is 0 Å². The maximum atomic E-state index is 13.6. The van der Waals surface area contributed by atoms with Gasteiger partial charge in [-0.1, -0.05) is 23.7 Å². The van der Waals surface area contributed by atoms with Crippen molar-refractivity contribution >= 4 is 30.1 Å². The quantitative estimate of drug-likeness (QED) is 0.862. The lowest BCUT2D eigenvalue weighted by Crippen LogP contribution is -2.49. The Morgan fingerprint density at radius 2 is 2.17 bits per heavy atom. The van der Waals surface area contributed by atoms with Gasteiger partial charge in [-0.3, -0.25) is 0 Å². The normalized spacial score (nSPS) is 21.6. The summed E-state index contributed by atoms with van der Waals surface area (Å²) in [4.78, 5) is 11.0. The van der Waals surface area contributed by atoms with Crippen LogP contribution in [0.5, 0.6) is 0 Å². The van der Waals surface area contributed by atoms with Crippen LogP contribution in [0.15, 0.2) is 18.2 Å². The Morgan fingerprint density at radius 1 is 1.50 bits per heavy atom. The van der Waals surface area contributed by atoms with Crippen molar-refractivity contribution < 1.29 is 18.3 Å². The number of carbonyl (C=O) groups excluding carboxylic acids is 1. The van der Waals surface area contributed by atoms with Gasteiger partial charge < -0.3 is 10.1 Å². The first-order chi connectivity index (χ1) is 7.90. The Labute approximate surface area is 114 Å². The maximum Gasteiger partial charge on any atom is 0.408 e. The molecule has 1 fully saturated rings. The average molecular weight is 298 g/mol. The van der Waals surface area contributed by atoms with Gasteiger partial charge in [0.05, 0.1) is 0 Å². The van der Waals surface area contributed by atoms with E-state index in [2.05, 4.69) is 10.1 Å². The minimum atomic E-state index is -3.13. The number of benzene rings is 1. The van der Waals surface area contributed by atoms with Crippen molar-refractivity contribution in [2.45, 2.75) is 18.9 Å². The second-order valence-corrected chi connectivity index (χ2v) is 4.33. The minimum absolute atomic E-state index is 0. The third kappa shape index (κ3) is 2.84. The van der Waals surface area contributed by atoms with E-state index in [1.54, 1.807) is 6.92 Å². The molecule has 18 heavy (non-hydrogen) atoms. The van der Waals surface area contributed by atoms with E-state index in [1.807, 2.05) is 0 Å².